The summed E-state index contributed by atoms with van der Waals surface area (Å²) in [6.45, 7) is 8.08. The van der Waals surface area contributed by atoms with Crippen LogP contribution in [0.15, 0.2) is 48.5 Å². The van der Waals surface area contributed by atoms with Crippen LogP contribution in [0.5, 0.6) is 0 Å². The van der Waals surface area contributed by atoms with Crippen molar-refractivity contribution in [2.24, 2.45) is 5.92 Å². The first-order chi connectivity index (χ1) is 15.1. The number of rotatable bonds is 3. The minimum absolute atomic E-state index is 0.0174. The number of carbonyl (C=O) groups is 1. The second kappa shape index (κ2) is 8.43. The number of amides is 1. The van der Waals surface area contributed by atoms with Crippen LogP contribution < -0.4 is 5.32 Å². The van der Waals surface area contributed by atoms with E-state index in [2.05, 4.69) is 72.6 Å². The summed E-state index contributed by atoms with van der Waals surface area (Å²) < 4.78 is 0. The molecule has 0 unspecified atom stereocenters. The van der Waals surface area contributed by atoms with E-state index in [0.29, 0.717) is 17.7 Å². The third-order valence-electron chi connectivity index (χ3n) is 8.23. The maximum Gasteiger partial charge on any atom is 0.227 e. The topological polar surface area (TPSA) is 32.3 Å². The van der Waals surface area contributed by atoms with E-state index in [4.69, 9.17) is 0 Å². The van der Waals surface area contributed by atoms with Crippen LogP contribution in [-0.2, 0) is 16.6 Å². The fraction of sp³-hybridized carbons (Fsp3) is 0.536. The number of likely N-dealkylation sites (tertiary alicyclic amines) is 1. The van der Waals surface area contributed by atoms with Gasteiger partial charge in [-0.2, -0.15) is 0 Å². The van der Waals surface area contributed by atoms with Gasteiger partial charge in [0.1, 0.15) is 0 Å². The summed E-state index contributed by atoms with van der Waals surface area (Å²) in [5.74, 6) is 1.60. The Bertz CT molecular complexity index is 929. The molecule has 2 heterocycles. The van der Waals surface area contributed by atoms with Gasteiger partial charge in [0.15, 0.2) is 0 Å². The van der Waals surface area contributed by atoms with Gasteiger partial charge in [0.05, 0.1) is 5.92 Å². The van der Waals surface area contributed by atoms with Gasteiger partial charge < -0.3 is 10.2 Å². The van der Waals surface area contributed by atoms with E-state index in [0.717, 1.165) is 51.9 Å². The number of nitrogens with one attached hydrogen (secondary N) is 1. The Hall–Kier alpha value is -2.13. The van der Waals surface area contributed by atoms with Gasteiger partial charge in [-0.3, -0.25) is 4.79 Å². The molecule has 2 aliphatic heterocycles. The summed E-state index contributed by atoms with van der Waals surface area (Å²) in [6.07, 6.45) is 5.64. The van der Waals surface area contributed by atoms with Crippen molar-refractivity contribution >= 4 is 5.91 Å². The van der Waals surface area contributed by atoms with Gasteiger partial charge in [-0.15, -0.1) is 0 Å². The van der Waals surface area contributed by atoms with Crippen molar-refractivity contribution in [3.8, 4) is 0 Å². The molecular formula is C28H36N2O. The van der Waals surface area contributed by atoms with E-state index in [1.165, 1.54) is 28.7 Å². The van der Waals surface area contributed by atoms with Crippen molar-refractivity contribution in [1.82, 2.24) is 10.2 Å². The lowest BCUT2D eigenvalue weighted by molar-refractivity contribution is -0.138. The third-order valence-corrected chi connectivity index (χ3v) is 8.23. The molecule has 1 spiro atoms. The van der Waals surface area contributed by atoms with Crippen LogP contribution in [0.2, 0.25) is 0 Å². The Labute approximate surface area is 187 Å². The first-order valence-corrected chi connectivity index (χ1v) is 12.3. The lowest BCUT2D eigenvalue weighted by atomic mass is 9.63. The molecule has 1 N–H and O–H groups in total. The molecule has 2 atom stereocenters. The smallest absolute Gasteiger partial charge is 0.227 e. The highest BCUT2D eigenvalue weighted by molar-refractivity contribution is 5.82. The molecule has 3 heteroatoms. The summed E-state index contributed by atoms with van der Waals surface area (Å²) in [5, 5.41) is 3.62. The Morgan fingerprint density at radius 2 is 1.87 bits per heavy atom. The van der Waals surface area contributed by atoms with Gasteiger partial charge in [-0.1, -0.05) is 62.4 Å². The SMILES string of the molecule is CC(C)c1ccc2c(c1)CCC[C@]21CNC[C@H]1C(=O)N1CCC(c2ccccc2)CC1. The normalized spacial score (nSPS) is 26.4. The van der Waals surface area contributed by atoms with Crippen molar-refractivity contribution in [1.29, 1.82) is 0 Å². The molecule has 1 amide bonds. The largest absolute Gasteiger partial charge is 0.342 e. The fourth-order valence-electron chi connectivity index (χ4n) is 6.40. The summed E-state index contributed by atoms with van der Waals surface area (Å²) in [7, 11) is 0. The van der Waals surface area contributed by atoms with Crippen LogP contribution in [0, 0.1) is 5.92 Å². The van der Waals surface area contributed by atoms with Crippen molar-refractivity contribution in [2.75, 3.05) is 26.2 Å². The lowest BCUT2D eigenvalue weighted by Crippen LogP contribution is -2.49. The quantitative estimate of drug-likeness (QED) is 0.763. The molecule has 5 rings (SSSR count). The van der Waals surface area contributed by atoms with Gasteiger partial charge in [0.25, 0.3) is 0 Å². The van der Waals surface area contributed by atoms with Crippen LogP contribution in [0.1, 0.15) is 73.6 Å². The molecule has 2 fully saturated rings. The van der Waals surface area contributed by atoms with Gasteiger partial charge in [-0.25, -0.2) is 0 Å². The summed E-state index contributed by atoms with van der Waals surface area (Å²) in [6, 6.07) is 17.9. The van der Waals surface area contributed by atoms with Crippen molar-refractivity contribution in [3.63, 3.8) is 0 Å². The number of hydrogen-bond acceptors (Lipinski definition) is 2. The second-order valence-corrected chi connectivity index (χ2v) is 10.3. The third kappa shape index (κ3) is 3.71. The van der Waals surface area contributed by atoms with Crippen molar-refractivity contribution in [3.05, 3.63) is 70.8 Å². The molecule has 2 saturated heterocycles. The number of nitrogens with zero attached hydrogens (tertiary/aromatic N) is 1. The Morgan fingerprint density at radius 1 is 1.10 bits per heavy atom. The zero-order chi connectivity index (χ0) is 21.4. The van der Waals surface area contributed by atoms with Crippen LogP contribution in [0.25, 0.3) is 0 Å². The molecule has 0 saturated carbocycles. The molecule has 2 aromatic carbocycles. The highest BCUT2D eigenvalue weighted by Gasteiger charge is 2.51. The molecular weight excluding hydrogens is 380 g/mol. The maximum absolute atomic E-state index is 13.8. The van der Waals surface area contributed by atoms with E-state index in [-0.39, 0.29) is 11.3 Å². The van der Waals surface area contributed by atoms with Crippen LogP contribution in [-0.4, -0.2) is 37.0 Å². The van der Waals surface area contributed by atoms with Crippen LogP contribution in [0.4, 0.5) is 0 Å². The average Bonchev–Trinajstić information content (AvgIpc) is 3.23. The summed E-state index contributed by atoms with van der Waals surface area (Å²) in [5.41, 5.74) is 5.77. The minimum atomic E-state index is -0.0174. The first kappa shape index (κ1) is 20.8. The van der Waals surface area contributed by atoms with Crippen LogP contribution >= 0.6 is 0 Å². The summed E-state index contributed by atoms with van der Waals surface area (Å²) >= 11 is 0. The zero-order valence-corrected chi connectivity index (χ0v) is 19.1. The van der Waals surface area contributed by atoms with E-state index in [1.807, 2.05) is 0 Å². The molecule has 1 aliphatic carbocycles. The Balaban J connectivity index is 1.35. The number of aryl methyl sites for hydroxylation is 1. The number of hydrogen-bond donors (Lipinski definition) is 1. The highest BCUT2D eigenvalue weighted by Crippen LogP contribution is 2.46. The van der Waals surface area contributed by atoms with Gasteiger partial charge in [-0.05, 0) is 66.2 Å². The van der Waals surface area contributed by atoms with E-state index < -0.39 is 0 Å². The number of fused-ring (bicyclic) bond motifs is 2. The monoisotopic (exact) mass is 416 g/mol. The number of benzene rings is 2. The molecule has 31 heavy (non-hydrogen) atoms. The molecule has 164 valence electrons. The van der Waals surface area contributed by atoms with Crippen LogP contribution in [0.3, 0.4) is 0 Å². The van der Waals surface area contributed by atoms with Gasteiger partial charge in [0, 0.05) is 31.6 Å². The van der Waals surface area contributed by atoms with Crippen molar-refractivity contribution < 1.29 is 4.79 Å². The van der Waals surface area contributed by atoms with Gasteiger partial charge >= 0.3 is 0 Å². The van der Waals surface area contributed by atoms with Gasteiger partial charge in [0.2, 0.25) is 5.91 Å². The molecule has 2 aromatic rings. The molecule has 0 bridgehead atoms. The number of carbonyl (C=O) groups excluding carboxylic acids is 1. The molecule has 3 nitrogen and oxygen atoms in total. The molecule has 3 aliphatic rings. The maximum atomic E-state index is 13.8. The highest BCUT2D eigenvalue weighted by atomic mass is 16.2. The Kier molecular flexibility index (Phi) is 5.64. The minimum Gasteiger partial charge on any atom is -0.342 e. The first-order valence-electron chi connectivity index (χ1n) is 12.3. The molecule has 0 aromatic heterocycles. The lowest BCUT2D eigenvalue weighted by Gasteiger charge is -2.42. The fourth-order valence-corrected chi connectivity index (χ4v) is 6.40. The molecule has 0 radical (unpaired) electrons. The Morgan fingerprint density at radius 3 is 2.61 bits per heavy atom. The van der Waals surface area contributed by atoms with E-state index >= 15 is 0 Å². The number of piperidine rings is 1. The summed E-state index contributed by atoms with van der Waals surface area (Å²) in [4.78, 5) is 16.0. The van der Waals surface area contributed by atoms with E-state index in [1.54, 1.807) is 0 Å². The van der Waals surface area contributed by atoms with E-state index in [9.17, 15) is 4.79 Å². The average molecular weight is 417 g/mol. The zero-order valence-electron chi connectivity index (χ0n) is 19.1. The predicted octanol–water partition coefficient (Wildman–Crippen LogP) is 5.01. The van der Waals surface area contributed by atoms with Crippen molar-refractivity contribution in [2.45, 2.75) is 63.2 Å². The predicted molar refractivity (Wildman–Crippen MR) is 127 cm³/mol. The second-order valence-electron chi connectivity index (χ2n) is 10.3. The standard InChI is InChI=1S/C28H36N2O/c1-20(2)23-10-11-25-24(17-23)9-6-14-28(25)19-29-18-26(28)27(31)30-15-12-22(13-16-30)21-7-4-3-5-8-21/h3-5,7-8,10-11,17,20,22,26,29H,6,9,12-16,18-19H2,1-2H3/t26-,28-/m0/s1.